The van der Waals surface area contributed by atoms with Gasteiger partial charge in [-0.15, -0.1) is 0 Å². The van der Waals surface area contributed by atoms with E-state index in [4.69, 9.17) is 0 Å². The van der Waals surface area contributed by atoms with Crippen molar-refractivity contribution in [3.8, 4) is 0 Å². The van der Waals surface area contributed by atoms with E-state index < -0.39 is 14.5 Å². The van der Waals surface area contributed by atoms with Gasteiger partial charge in [0, 0.05) is 0 Å². The summed E-state index contributed by atoms with van der Waals surface area (Å²) in [5.41, 5.74) is 0.919. The zero-order valence-corrected chi connectivity index (χ0v) is 9.51. The first-order chi connectivity index (χ1) is 5.74. The average Bonchev–Trinajstić information content (AvgIpc) is 2.48. The van der Waals surface area contributed by atoms with Crippen molar-refractivity contribution >= 4 is 29.7 Å². The Morgan fingerprint density at radius 1 is 1.58 bits per heavy atom. The van der Waals surface area contributed by atoms with Crippen molar-refractivity contribution in [1.82, 2.24) is 4.98 Å². The van der Waals surface area contributed by atoms with E-state index in [2.05, 4.69) is 11.9 Å². The van der Waals surface area contributed by atoms with Crippen LogP contribution in [-0.4, -0.2) is 19.5 Å². The predicted octanol–water partition coefficient (Wildman–Crippen LogP) is 1.04. The summed E-state index contributed by atoms with van der Waals surface area (Å²) in [6, 6.07) is 0. The van der Waals surface area contributed by atoms with Gasteiger partial charge in [0.05, 0.1) is 0 Å². The van der Waals surface area contributed by atoms with Crippen molar-refractivity contribution in [3.63, 3.8) is 0 Å². The first-order valence-electron chi connectivity index (χ1n) is 3.83. The monoisotopic (exact) mass is 247 g/mol. The van der Waals surface area contributed by atoms with Crippen molar-refractivity contribution in [2.75, 3.05) is 0 Å². The Morgan fingerprint density at radius 3 is 2.83 bits per heavy atom. The molecule has 66 valence electrons. The van der Waals surface area contributed by atoms with Gasteiger partial charge in [0.25, 0.3) is 0 Å². The van der Waals surface area contributed by atoms with E-state index in [1.807, 2.05) is 5.38 Å². The second-order valence-electron chi connectivity index (χ2n) is 2.48. The molecule has 1 heterocycles. The van der Waals surface area contributed by atoms with Crippen LogP contribution in [0.4, 0.5) is 0 Å². The van der Waals surface area contributed by atoms with Crippen LogP contribution in [0.5, 0.6) is 0 Å². The summed E-state index contributed by atoms with van der Waals surface area (Å²) in [6.07, 6.45) is 3.09. The van der Waals surface area contributed by atoms with Gasteiger partial charge in [-0.3, -0.25) is 0 Å². The van der Waals surface area contributed by atoms with Gasteiger partial charge in [-0.1, -0.05) is 0 Å². The van der Waals surface area contributed by atoms with E-state index in [0.29, 0.717) is 3.80 Å². The minimum absolute atomic E-state index is 0.314. The molecule has 0 aliphatic rings. The number of nitrogens with zero attached hydrogens (tertiary/aromatic N) is 1. The van der Waals surface area contributed by atoms with Gasteiger partial charge < -0.3 is 0 Å². The van der Waals surface area contributed by atoms with Gasteiger partial charge >= 0.3 is 79.4 Å². The number of hydrogen-bond donors (Lipinski definition) is 0. The van der Waals surface area contributed by atoms with E-state index in [9.17, 15) is 7.48 Å². The molecule has 0 aliphatic heterocycles. The zero-order valence-electron chi connectivity index (χ0n) is 6.82. The molecule has 1 rings (SSSR count). The molecule has 1 aromatic heterocycles. The van der Waals surface area contributed by atoms with Crippen LogP contribution in [0.1, 0.15) is 25.5 Å². The third-order valence-corrected chi connectivity index (χ3v) is 4.48. The number of aryl methyl sites for hydroxylation is 1. The van der Waals surface area contributed by atoms with Gasteiger partial charge in [0.15, 0.2) is 0 Å². The summed E-state index contributed by atoms with van der Waals surface area (Å²) in [6.45, 7) is 2.10. The second-order valence-corrected chi connectivity index (χ2v) is 5.97. The van der Waals surface area contributed by atoms with E-state index >= 15 is 0 Å². The van der Waals surface area contributed by atoms with Gasteiger partial charge in [0.2, 0.25) is 0 Å². The van der Waals surface area contributed by atoms with Gasteiger partial charge in [-0.2, -0.15) is 0 Å². The Balaban J connectivity index is 2.64. The van der Waals surface area contributed by atoms with Crippen LogP contribution in [0.2, 0.25) is 0 Å². The van der Waals surface area contributed by atoms with Crippen molar-refractivity contribution in [1.29, 1.82) is 0 Å². The molecule has 0 unspecified atom stereocenters. The van der Waals surface area contributed by atoms with Gasteiger partial charge in [-0.05, 0) is 0 Å². The molecule has 1 aromatic rings. The van der Waals surface area contributed by atoms with Gasteiger partial charge in [-0.25, -0.2) is 0 Å². The standard InChI is InChI=1S/C7H10AsNO2S/c1-2-3-4-6-5-12-7(9-6)8(10)11/h5H,2-4H2,1H3. The summed E-state index contributed by atoms with van der Waals surface area (Å²) in [5.74, 6) is 0. The van der Waals surface area contributed by atoms with E-state index in [0.717, 1.165) is 25.0 Å². The van der Waals surface area contributed by atoms with Crippen LogP contribution in [0.25, 0.3) is 0 Å². The third kappa shape index (κ3) is 2.68. The SMILES string of the molecule is CCCCc1csc([As](=O)=O)n1. The van der Waals surface area contributed by atoms with Crippen molar-refractivity contribution in [2.45, 2.75) is 26.2 Å². The molecule has 5 heteroatoms. The Hall–Kier alpha value is -0.212. The van der Waals surface area contributed by atoms with E-state index in [1.54, 1.807) is 0 Å². The fourth-order valence-electron chi connectivity index (χ4n) is 0.853. The van der Waals surface area contributed by atoms with Crippen molar-refractivity contribution in [2.24, 2.45) is 0 Å². The number of hydrogen-bond acceptors (Lipinski definition) is 4. The number of aromatic nitrogens is 1. The third-order valence-electron chi connectivity index (χ3n) is 1.48. The first-order valence-corrected chi connectivity index (χ1v) is 7.18. The van der Waals surface area contributed by atoms with E-state index in [-0.39, 0.29) is 0 Å². The molecule has 0 saturated heterocycles. The van der Waals surface area contributed by atoms with Crippen LogP contribution in [0.3, 0.4) is 0 Å². The molecule has 0 radical (unpaired) electrons. The van der Waals surface area contributed by atoms with Crippen LogP contribution >= 0.6 is 11.3 Å². The minimum atomic E-state index is -3.20. The maximum atomic E-state index is 10.6. The summed E-state index contributed by atoms with van der Waals surface area (Å²) >= 11 is -1.96. The summed E-state index contributed by atoms with van der Waals surface area (Å²) in [5, 5.41) is 1.84. The molecule has 0 aromatic carbocycles. The molecule has 0 amide bonds. The van der Waals surface area contributed by atoms with Crippen molar-refractivity contribution in [3.05, 3.63) is 11.1 Å². The summed E-state index contributed by atoms with van der Waals surface area (Å²) < 4.78 is 21.4. The molecule has 12 heavy (non-hydrogen) atoms. The molecule has 3 nitrogen and oxygen atoms in total. The van der Waals surface area contributed by atoms with Crippen LogP contribution in [0.15, 0.2) is 5.38 Å². The zero-order chi connectivity index (χ0) is 8.97. The molecule has 0 aliphatic carbocycles. The fraction of sp³-hybridized carbons (Fsp3) is 0.571. The molecule has 0 atom stereocenters. The number of rotatable bonds is 4. The van der Waals surface area contributed by atoms with Crippen molar-refractivity contribution < 1.29 is 7.48 Å². The molecule has 0 N–H and O–H groups in total. The Labute approximate surface area is 79.5 Å². The molecular weight excluding hydrogens is 237 g/mol. The predicted molar refractivity (Wildman–Crippen MR) is 47.5 cm³/mol. The molecule has 0 fully saturated rings. The Bertz CT molecular complexity index is 311. The second kappa shape index (κ2) is 4.73. The maximum absolute atomic E-state index is 10.6. The van der Waals surface area contributed by atoms with Crippen LogP contribution < -0.4 is 3.80 Å². The first kappa shape index (κ1) is 9.87. The topological polar surface area (TPSA) is 47.0 Å². The van der Waals surface area contributed by atoms with E-state index in [1.165, 1.54) is 11.3 Å². The Kier molecular flexibility index (Phi) is 3.89. The van der Waals surface area contributed by atoms with Crippen LogP contribution in [0, 0.1) is 0 Å². The average molecular weight is 247 g/mol. The summed E-state index contributed by atoms with van der Waals surface area (Å²) in [4.78, 5) is 4.01. The number of unbranched alkanes of at least 4 members (excludes halogenated alkanes) is 1. The molecule has 0 spiro atoms. The fourth-order valence-corrected chi connectivity index (χ4v) is 2.84. The normalized spacial score (nSPS) is 10.1. The molecular formula is C7H10AsNO2S. The number of thiazole rings is 1. The quantitative estimate of drug-likeness (QED) is 0.747. The van der Waals surface area contributed by atoms with Crippen LogP contribution in [-0.2, 0) is 13.9 Å². The summed E-state index contributed by atoms with van der Waals surface area (Å²) in [7, 11) is 0. The van der Waals surface area contributed by atoms with Gasteiger partial charge in [0.1, 0.15) is 0 Å². The molecule has 0 saturated carbocycles. The Morgan fingerprint density at radius 2 is 2.33 bits per heavy atom. The molecule has 0 bridgehead atoms.